The first kappa shape index (κ1) is 12.0. The molecule has 3 rings (SSSR count). The van der Waals surface area contributed by atoms with Gasteiger partial charge in [0.05, 0.1) is 0 Å². The molecule has 0 saturated heterocycles. The van der Waals surface area contributed by atoms with E-state index in [1.165, 1.54) is 18.4 Å². The van der Waals surface area contributed by atoms with E-state index in [4.69, 9.17) is 5.84 Å². The van der Waals surface area contributed by atoms with Gasteiger partial charge in [-0.2, -0.15) is 0 Å². The molecule has 2 N–H and O–H groups in total. The summed E-state index contributed by atoms with van der Waals surface area (Å²) < 4.78 is 2.73. The van der Waals surface area contributed by atoms with Gasteiger partial charge in [-0.3, -0.25) is 0 Å². The highest BCUT2D eigenvalue weighted by Crippen LogP contribution is 2.39. The molecule has 6 heteroatoms. The van der Waals surface area contributed by atoms with E-state index in [2.05, 4.69) is 38.3 Å². The number of aromatic nitrogens is 3. The highest BCUT2D eigenvalue weighted by Gasteiger charge is 2.29. The van der Waals surface area contributed by atoms with Gasteiger partial charge in [-0.05, 0) is 30.5 Å². The second-order valence-corrected chi connectivity index (χ2v) is 6.26. The van der Waals surface area contributed by atoms with E-state index in [0.29, 0.717) is 5.92 Å². The van der Waals surface area contributed by atoms with Gasteiger partial charge in [0, 0.05) is 16.1 Å². The third kappa shape index (κ3) is 2.54. The first-order valence-corrected chi connectivity index (χ1v) is 7.59. The average molecular weight is 325 g/mol. The Balaban J connectivity index is 1.69. The number of hydrogen-bond acceptors (Lipinski definition) is 4. The Labute approximate surface area is 118 Å². The van der Waals surface area contributed by atoms with Gasteiger partial charge in [-0.1, -0.05) is 39.8 Å². The molecule has 0 atom stereocenters. The summed E-state index contributed by atoms with van der Waals surface area (Å²) in [5.41, 5.74) is 1.24. The Bertz CT molecular complexity index is 565. The highest BCUT2D eigenvalue weighted by atomic mass is 79.9. The number of nitrogens with zero attached hydrogens (tertiary/aromatic N) is 3. The summed E-state index contributed by atoms with van der Waals surface area (Å²) in [6, 6.07) is 8.25. The summed E-state index contributed by atoms with van der Waals surface area (Å²) in [5.74, 6) is 8.30. The van der Waals surface area contributed by atoms with Crippen molar-refractivity contribution < 1.29 is 0 Å². The number of thioether (sulfide) groups is 1. The second kappa shape index (κ2) is 4.93. The molecule has 0 amide bonds. The van der Waals surface area contributed by atoms with Crippen molar-refractivity contribution in [2.24, 2.45) is 0 Å². The Morgan fingerprint density at radius 3 is 2.94 bits per heavy atom. The van der Waals surface area contributed by atoms with Crippen molar-refractivity contribution in [3.63, 3.8) is 0 Å². The molecule has 1 aliphatic carbocycles. The molecular weight excluding hydrogens is 312 g/mol. The third-order valence-corrected chi connectivity index (χ3v) is 4.40. The number of nitrogens with two attached hydrogens (primary N) is 1. The largest absolute Gasteiger partial charge is 0.336 e. The molecule has 0 spiro atoms. The van der Waals surface area contributed by atoms with E-state index in [-0.39, 0.29) is 0 Å². The maximum absolute atomic E-state index is 6.00. The molecule has 1 aromatic carbocycles. The third-order valence-electron chi connectivity index (χ3n) is 2.89. The lowest BCUT2D eigenvalue weighted by Crippen LogP contribution is -2.13. The van der Waals surface area contributed by atoms with Crippen LogP contribution in [0.4, 0.5) is 0 Å². The summed E-state index contributed by atoms with van der Waals surface area (Å²) in [6.07, 6.45) is 2.37. The van der Waals surface area contributed by atoms with Gasteiger partial charge in [0.15, 0.2) is 5.82 Å². The molecular formula is C12H13BrN4S. The van der Waals surface area contributed by atoms with Gasteiger partial charge in [0.1, 0.15) is 0 Å². The molecule has 0 unspecified atom stereocenters. The lowest BCUT2D eigenvalue weighted by atomic mass is 10.2. The number of benzene rings is 1. The topological polar surface area (TPSA) is 56.7 Å². The van der Waals surface area contributed by atoms with Gasteiger partial charge in [0.25, 0.3) is 0 Å². The van der Waals surface area contributed by atoms with Crippen molar-refractivity contribution >= 4 is 27.7 Å². The molecule has 1 fully saturated rings. The van der Waals surface area contributed by atoms with Crippen molar-refractivity contribution in [3.05, 3.63) is 40.1 Å². The van der Waals surface area contributed by atoms with Crippen molar-refractivity contribution in [2.45, 2.75) is 29.7 Å². The Morgan fingerprint density at radius 2 is 2.22 bits per heavy atom. The molecule has 0 radical (unpaired) electrons. The van der Waals surface area contributed by atoms with Gasteiger partial charge in [-0.15, -0.1) is 10.2 Å². The molecule has 1 heterocycles. The van der Waals surface area contributed by atoms with Crippen LogP contribution < -0.4 is 5.84 Å². The second-order valence-electron chi connectivity index (χ2n) is 4.40. The zero-order valence-electron chi connectivity index (χ0n) is 9.71. The van der Waals surface area contributed by atoms with Gasteiger partial charge in [-0.25, -0.2) is 4.68 Å². The number of nitrogen functional groups attached to an aromatic ring is 1. The standard InChI is InChI=1S/C12H13BrN4S/c13-10-3-1-2-8(6-10)7-18-12-16-15-11(17(12)14)9-4-5-9/h1-3,6,9H,4-5,7,14H2. The molecule has 1 aliphatic rings. The predicted molar refractivity (Wildman–Crippen MR) is 75.9 cm³/mol. The first-order chi connectivity index (χ1) is 8.74. The minimum absolute atomic E-state index is 0.530. The van der Waals surface area contributed by atoms with Crippen LogP contribution in [0.5, 0.6) is 0 Å². The van der Waals surface area contributed by atoms with Crippen LogP contribution in [0.15, 0.2) is 33.9 Å². The van der Waals surface area contributed by atoms with E-state index in [1.54, 1.807) is 16.4 Å². The first-order valence-electron chi connectivity index (χ1n) is 5.81. The monoisotopic (exact) mass is 324 g/mol. The number of halogens is 1. The Kier molecular flexibility index (Phi) is 3.30. The molecule has 4 nitrogen and oxygen atoms in total. The maximum Gasteiger partial charge on any atom is 0.210 e. The normalized spacial score (nSPS) is 14.9. The van der Waals surface area contributed by atoms with Crippen molar-refractivity contribution in [1.82, 2.24) is 14.9 Å². The van der Waals surface area contributed by atoms with Crippen LogP contribution in [0.3, 0.4) is 0 Å². The molecule has 94 valence electrons. The van der Waals surface area contributed by atoms with E-state index >= 15 is 0 Å². The lowest BCUT2D eigenvalue weighted by Gasteiger charge is -2.03. The number of hydrogen-bond donors (Lipinski definition) is 1. The van der Waals surface area contributed by atoms with Gasteiger partial charge >= 0.3 is 0 Å². The van der Waals surface area contributed by atoms with E-state index in [1.807, 2.05) is 12.1 Å². The van der Waals surface area contributed by atoms with Gasteiger partial charge < -0.3 is 5.84 Å². The minimum atomic E-state index is 0.530. The van der Waals surface area contributed by atoms with Crippen molar-refractivity contribution in [3.8, 4) is 0 Å². The zero-order valence-corrected chi connectivity index (χ0v) is 12.1. The van der Waals surface area contributed by atoms with Crippen LogP contribution in [-0.2, 0) is 5.75 Å². The predicted octanol–water partition coefficient (Wildman–Crippen LogP) is 2.92. The maximum atomic E-state index is 6.00. The van der Waals surface area contributed by atoms with Crippen LogP contribution in [0, 0.1) is 0 Å². The fraction of sp³-hybridized carbons (Fsp3) is 0.333. The summed E-state index contributed by atoms with van der Waals surface area (Å²) in [7, 11) is 0. The van der Waals surface area contributed by atoms with Crippen molar-refractivity contribution in [2.75, 3.05) is 5.84 Å². The van der Waals surface area contributed by atoms with E-state index < -0.39 is 0 Å². The fourth-order valence-corrected chi connectivity index (χ4v) is 3.03. The molecule has 1 aromatic heterocycles. The molecule has 1 saturated carbocycles. The van der Waals surface area contributed by atoms with Crippen LogP contribution in [-0.4, -0.2) is 14.9 Å². The van der Waals surface area contributed by atoms with Gasteiger partial charge in [0.2, 0.25) is 5.16 Å². The van der Waals surface area contributed by atoms with E-state index in [9.17, 15) is 0 Å². The van der Waals surface area contributed by atoms with Crippen LogP contribution in [0.25, 0.3) is 0 Å². The smallest absolute Gasteiger partial charge is 0.210 e. The number of rotatable bonds is 4. The van der Waals surface area contributed by atoms with Crippen molar-refractivity contribution in [1.29, 1.82) is 0 Å². The minimum Gasteiger partial charge on any atom is -0.336 e. The zero-order chi connectivity index (χ0) is 12.5. The van der Waals surface area contributed by atoms with Crippen LogP contribution in [0.2, 0.25) is 0 Å². The summed E-state index contributed by atoms with van der Waals surface area (Å²) in [4.78, 5) is 0. The Hall–Kier alpha value is -1.01. The average Bonchev–Trinajstić information content (AvgIpc) is 3.12. The summed E-state index contributed by atoms with van der Waals surface area (Å²) in [6.45, 7) is 0. The molecule has 0 aliphatic heterocycles. The summed E-state index contributed by atoms with van der Waals surface area (Å²) in [5, 5.41) is 9.11. The molecule has 18 heavy (non-hydrogen) atoms. The fourth-order valence-electron chi connectivity index (χ4n) is 1.78. The lowest BCUT2D eigenvalue weighted by molar-refractivity contribution is 0.790. The Morgan fingerprint density at radius 1 is 1.39 bits per heavy atom. The summed E-state index contributed by atoms with van der Waals surface area (Å²) >= 11 is 5.09. The molecule has 2 aromatic rings. The quantitative estimate of drug-likeness (QED) is 0.694. The molecule has 0 bridgehead atoms. The van der Waals surface area contributed by atoms with E-state index in [0.717, 1.165) is 21.2 Å². The highest BCUT2D eigenvalue weighted by molar-refractivity contribution is 9.10. The van der Waals surface area contributed by atoms with Crippen LogP contribution in [0.1, 0.15) is 30.1 Å². The van der Waals surface area contributed by atoms with Crippen LogP contribution >= 0.6 is 27.7 Å². The SMILES string of the molecule is Nn1c(SCc2cccc(Br)c2)nnc1C1CC1.